The van der Waals surface area contributed by atoms with E-state index < -0.39 is 15.9 Å². The van der Waals surface area contributed by atoms with Crippen molar-refractivity contribution >= 4 is 39.2 Å². The van der Waals surface area contributed by atoms with Crippen LogP contribution in [-0.4, -0.2) is 33.3 Å². The first kappa shape index (κ1) is 18.2. The van der Waals surface area contributed by atoms with Crippen LogP contribution >= 0.6 is 11.3 Å². The van der Waals surface area contributed by atoms with Gasteiger partial charge in [0.05, 0.1) is 18.2 Å². The number of nitrogens with zero attached hydrogens (tertiary/aromatic N) is 2. The van der Waals surface area contributed by atoms with E-state index in [9.17, 15) is 13.2 Å². The molecule has 0 radical (unpaired) electrons. The Kier molecular flexibility index (Phi) is 5.74. The van der Waals surface area contributed by atoms with Gasteiger partial charge in [-0.15, -0.1) is 11.3 Å². The van der Waals surface area contributed by atoms with Crippen molar-refractivity contribution < 1.29 is 13.2 Å². The number of amides is 1. The maximum Gasteiger partial charge on any atom is 0.260 e. The highest BCUT2D eigenvalue weighted by Gasteiger charge is 2.20. The minimum atomic E-state index is -3.58. The van der Waals surface area contributed by atoms with Crippen molar-refractivity contribution in [1.82, 2.24) is 5.43 Å². The number of hydrogen-bond donors (Lipinski definition) is 1. The molecule has 0 aliphatic heterocycles. The van der Waals surface area contributed by atoms with Gasteiger partial charge in [-0.25, -0.2) is 13.8 Å². The second-order valence-corrected chi connectivity index (χ2v) is 8.22. The summed E-state index contributed by atoms with van der Waals surface area (Å²) in [5.41, 5.74) is 4.79. The Labute approximate surface area is 145 Å². The molecule has 1 N–H and O–H groups in total. The summed E-state index contributed by atoms with van der Waals surface area (Å²) in [4.78, 5) is 13.0. The highest BCUT2D eigenvalue weighted by atomic mass is 32.2. The van der Waals surface area contributed by atoms with Gasteiger partial charge < -0.3 is 0 Å². The number of sulfonamides is 1. The van der Waals surface area contributed by atoms with Crippen molar-refractivity contribution in [2.75, 3.05) is 17.1 Å². The lowest BCUT2D eigenvalue weighted by Gasteiger charge is -2.21. The van der Waals surface area contributed by atoms with Crippen LogP contribution in [0.3, 0.4) is 0 Å². The van der Waals surface area contributed by atoms with Gasteiger partial charge in [-0.1, -0.05) is 12.1 Å². The second-order valence-electron chi connectivity index (χ2n) is 5.37. The molecule has 6 nitrogen and oxygen atoms in total. The topological polar surface area (TPSA) is 78.8 Å². The van der Waals surface area contributed by atoms with E-state index in [0.29, 0.717) is 5.69 Å². The third-order valence-electron chi connectivity index (χ3n) is 3.25. The minimum Gasteiger partial charge on any atom is -0.271 e. The summed E-state index contributed by atoms with van der Waals surface area (Å²) < 4.78 is 25.0. The number of carbonyl (C=O) groups is 1. The molecule has 0 atom stereocenters. The van der Waals surface area contributed by atoms with E-state index >= 15 is 0 Å². The number of nitrogens with one attached hydrogen (secondary N) is 1. The molecule has 128 valence electrons. The fourth-order valence-corrected chi connectivity index (χ4v) is 3.66. The van der Waals surface area contributed by atoms with Gasteiger partial charge in [0, 0.05) is 4.88 Å². The standard InChI is InChI=1S/C16H19N3O3S2/c1-12-5-4-6-14(9-12)19(24(3,21)22)11-16(20)18-17-10-15-13(2)7-8-23-15/h4-10H,11H2,1-3H3,(H,18,20)/b17-10-. The Balaban J connectivity index is 2.08. The third kappa shape index (κ3) is 4.90. The summed E-state index contributed by atoms with van der Waals surface area (Å²) in [5, 5.41) is 5.82. The van der Waals surface area contributed by atoms with Crippen molar-refractivity contribution in [2.45, 2.75) is 13.8 Å². The maximum absolute atomic E-state index is 12.0. The van der Waals surface area contributed by atoms with Gasteiger partial charge in [0.1, 0.15) is 6.54 Å². The van der Waals surface area contributed by atoms with Crippen LogP contribution in [0.15, 0.2) is 40.8 Å². The van der Waals surface area contributed by atoms with Gasteiger partial charge in [0.15, 0.2) is 0 Å². The van der Waals surface area contributed by atoms with Gasteiger partial charge in [-0.2, -0.15) is 5.10 Å². The summed E-state index contributed by atoms with van der Waals surface area (Å²) in [6.07, 6.45) is 2.62. The summed E-state index contributed by atoms with van der Waals surface area (Å²) >= 11 is 1.51. The van der Waals surface area contributed by atoms with Gasteiger partial charge in [-0.3, -0.25) is 9.10 Å². The fourth-order valence-electron chi connectivity index (χ4n) is 2.03. The van der Waals surface area contributed by atoms with E-state index in [1.807, 2.05) is 31.4 Å². The van der Waals surface area contributed by atoms with Crippen LogP contribution in [-0.2, 0) is 14.8 Å². The normalized spacial score (nSPS) is 11.6. The Morgan fingerprint density at radius 3 is 2.67 bits per heavy atom. The summed E-state index contributed by atoms with van der Waals surface area (Å²) in [5.74, 6) is -0.507. The Morgan fingerprint density at radius 1 is 1.33 bits per heavy atom. The zero-order chi connectivity index (χ0) is 17.7. The predicted octanol–water partition coefficient (Wildman–Crippen LogP) is 2.28. The molecule has 0 aliphatic rings. The SMILES string of the molecule is Cc1cccc(N(CC(=O)N/N=C\c2sccc2C)S(C)(=O)=O)c1. The summed E-state index contributed by atoms with van der Waals surface area (Å²) in [7, 11) is -3.58. The minimum absolute atomic E-state index is 0.330. The van der Waals surface area contributed by atoms with Crippen molar-refractivity contribution in [3.05, 3.63) is 51.7 Å². The predicted molar refractivity (Wildman–Crippen MR) is 98.2 cm³/mol. The van der Waals surface area contributed by atoms with Gasteiger partial charge in [-0.05, 0) is 48.6 Å². The molecule has 2 aromatic rings. The molecule has 2 rings (SSSR count). The largest absolute Gasteiger partial charge is 0.271 e. The molecule has 1 aromatic heterocycles. The lowest BCUT2D eigenvalue weighted by atomic mass is 10.2. The number of carbonyl (C=O) groups excluding carboxylic acids is 1. The van der Waals surface area contributed by atoms with E-state index in [-0.39, 0.29) is 6.54 Å². The fraction of sp³-hybridized carbons (Fsp3) is 0.250. The first-order valence-corrected chi connectivity index (χ1v) is 9.90. The lowest BCUT2D eigenvalue weighted by molar-refractivity contribution is -0.119. The van der Waals surface area contributed by atoms with Crippen LogP contribution in [0, 0.1) is 13.8 Å². The first-order valence-electron chi connectivity index (χ1n) is 7.18. The lowest BCUT2D eigenvalue weighted by Crippen LogP contribution is -2.39. The Morgan fingerprint density at radius 2 is 2.08 bits per heavy atom. The molecule has 8 heteroatoms. The average molecular weight is 365 g/mol. The van der Waals surface area contributed by atoms with Crippen LogP contribution in [0.4, 0.5) is 5.69 Å². The van der Waals surface area contributed by atoms with Crippen LogP contribution in [0.5, 0.6) is 0 Å². The summed E-state index contributed by atoms with van der Waals surface area (Å²) in [6.45, 7) is 3.48. The Bertz CT molecular complexity index is 857. The van der Waals surface area contributed by atoms with Crippen molar-refractivity contribution in [3.8, 4) is 0 Å². The molecule has 0 saturated carbocycles. The molecule has 0 aliphatic carbocycles. The molecule has 0 saturated heterocycles. The van der Waals surface area contributed by atoms with Crippen LogP contribution in [0.1, 0.15) is 16.0 Å². The van der Waals surface area contributed by atoms with E-state index in [1.165, 1.54) is 11.3 Å². The zero-order valence-corrected chi connectivity index (χ0v) is 15.3. The molecule has 0 spiro atoms. The molecule has 0 unspecified atom stereocenters. The number of rotatable bonds is 6. The van der Waals surface area contributed by atoms with Gasteiger partial charge in [0.25, 0.3) is 5.91 Å². The highest BCUT2D eigenvalue weighted by Crippen LogP contribution is 2.18. The Hall–Kier alpha value is -2.19. The van der Waals surface area contributed by atoms with E-state index in [0.717, 1.165) is 26.6 Å². The quantitative estimate of drug-likeness (QED) is 0.630. The molecule has 1 aromatic carbocycles. The summed E-state index contributed by atoms with van der Waals surface area (Å²) in [6, 6.07) is 8.93. The monoisotopic (exact) mass is 365 g/mol. The molecule has 1 heterocycles. The van der Waals surface area contributed by atoms with Crippen LogP contribution in [0.2, 0.25) is 0 Å². The van der Waals surface area contributed by atoms with E-state index in [1.54, 1.807) is 24.4 Å². The molecule has 0 fully saturated rings. The van der Waals surface area contributed by atoms with Crippen LogP contribution < -0.4 is 9.73 Å². The average Bonchev–Trinajstić information content (AvgIpc) is 2.89. The molecular weight excluding hydrogens is 346 g/mol. The van der Waals surface area contributed by atoms with Crippen molar-refractivity contribution in [3.63, 3.8) is 0 Å². The zero-order valence-electron chi connectivity index (χ0n) is 13.7. The number of hydrazone groups is 1. The smallest absolute Gasteiger partial charge is 0.260 e. The second kappa shape index (κ2) is 7.59. The number of hydrogen-bond acceptors (Lipinski definition) is 5. The first-order chi connectivity index (χ1) is 11.3. The number of thiophene rings is 1. The highest BCUT2D eigenvalue weighted by molar-refractivity contribution is 7.92. The molecular formula is C16H19N3O3S2. The third-order valence-corrected chi connectivity index (χ3v) is 5.34. The van der Waals surface area contributed by atoms with E-state index in [4.69, 9.17) is 0 Å². The molecule has 24 heavy (non-hydrogen) atoms. The van der Waals surface area contributed by atoms with Crippen molar-refractivity contribution in [2.24, 2.45) is 5.10 Å². The number of anilines is 1. The van der Waals surface area contributed by atoms with Crippen molar-refractivity contribution in [1.29, 1.82) is 0 Å². The molecule has 0 bridgehead atoms. The van der Waals surface area contributed by atoms with E-state index in [2.05, 4.69) is 10.5 Å². The van der Waals surface area contributed by atoms with Crippen LogP contribution in [0.25, 0.3) is 0 Å². The number of benzene rings is 1. The van der Waals surface area contributed by atoms with Gasteiger partial charge >= 0.3 is 0 Å². The maximum atomic E-state index is 12.0. The number of aryl methyl sites for hydroxylation is 2. The van der Waals surface area contributed by atoms with Gasteiger partial charge in [0.2, 0.25) is 10.0 Å². The molecule has 1 amide bonds.